The van der Waals surface area contributed by atoms with Crippen molar-refractivity contribution in [1.29, 1.82) is 5.26 Å². The lowest BCUT2D eigenvalue weighted by Gasteiger charge is -2.16. The number of nitrogens with two attached hydrogens (primary N) is 1. The number of ether oxygens (including phenoxy) is 1. The lowest BCUT2D eigenvalue weighted by molar-refractivity contribution is -0.119. The van der Waals surface area contributed by atoms with Crippen LogP contribution in [0.25, 0.3) is 22.0 Å². The van der Waals surface area contributed by atoms with Crippen molar-refractivity contribution in [3.63, 3.8) is 0 Å². The predicted molar refractivity (Wildman–Crippen MR) is 110 cm³/mol. The molecule has 0 bridgehead atoms. The monoisotopic (exact) mass is 373 g/mol. The third-order valence-corrected chi connectivity index (χ3v) is 4.43. The van der Waals surface area contributed by atoms with Crippen molar-refractivity contribution < 1.29 is 9.53 Å². The van der Waals surface area contributed by atoms with Gasteiger partial charge in [-0.25, -0.2) is 0 Å². The van der Waals surface area contributed by atoms with Crippen LogP contribution in [0, 0.1) is 24.2 Å². The Hall–Kier alpha value is -3.39. The maximum atomic E-state index is 11.1. The summed E-state index contributed by atoms with van der Waals surface area (Å²) in [5.74, 6) is 0.352. The second-order valence-electron chi connectivity index (χ2n) is 7.32. The number of benzene rings is 2. The van der Waals surface area contributed by atoms with Crippen LogP contribution in [0.5, 0.6) is 5.75 Å². The van der Waals surface area contributed by atoms with Gasteiger partial charge in [0.25, 0.3) is 5.91 Å². The summed E-state index contributed by atoms with van der Waals surface area (Å²) in [6.45, 7) is 6.05. The van der Waals surface area contributed by atoms with E-state index in [2.05, 4.69) is 26.0 Å². The first-order chi connectivity index (χ1) is 13.4. The fraction of sp³-hybridized carbons (Fsp3) is 0.261. The van der Waals surface area contributed by atoms with Gasteiger partial charge >= 0.3 is 0 Å². The number of amides is 1. The smallest absolute Gasteiger partial charge is 0.255 e. The number of aromatic nitrogens is 1. The lowest BCUT2D eigenvalue weighted by atomic mass is 9.91. The minimum Gasteiger partial charge on any atom is -0.484 e. The molecular weight excluding hydrogens is 350 g/mol. The van der Waals surface area contributed by atoms with E-state index in [4.69, 9.17) is 15.5 Å². The molecule has 0 saturated carbocycles. The Labute approximate surface area is 164 Å². The SMILES string of the molecule is Cc1cccc(-c2c(C#N)c(CC(C)C)nc3ccc(OCC(N)=O)cc23)c1. The van der Waals surface area contributed by atoms with Gasteiger partial charge < -0.3 is 10.5 Å². The number of nitriles is 1. The minimum atomic E-state index is -0.540. The maximum absolute atomic E-state index is 11.1. The Kier molecular flexibility index (Phi) is 5.60. The van der Waals surface area contributed by atoms with Gasteiger partial charge in [0, 0.05) is 10.9 Å². The van der Waals surface area contributed by atoms with Gasteiger partial charge in [0.1, 0.15) is 11.8 Å². The van der Waals surface area contributed by atoms with Crippen molar-refractivity contribution in [1.82, 2.24) is 4.98 Å². The highest BCUT2D eigenvalue weighted by Crippen LogP contribution is 2.35. The molecule has 5 heteroatoms. The maximum Gasteiger partial charge on any atom is 0.255 e. The van der Waals surface area contributed by atoms with E-state index in [9.17, 15) is 10.1 Å². The molecule has 0 fully saturated rings. The van der Waals surface area contributed by atoms with Gasteiger partial charge in [0.2, 0.25) is 0 Å². The zero-order valence-electron chi connectivity index (χ0n) is 16.3. The van der Waals surface area contributed by atoms with Crippen molar-refractivity contribution in [2.45, 2.75) is 27.2 Å². The van der Waals surface area contributed by atoms with Crippen LogP contribution in [-0.2, 0) is 11.2 Å². The fourth-order valence-corrected chi connectivity index (χ4v) is 3.29. The highest BCUT2D eigenvalue weighted by atomic mass is 16.5. The molecule has 1 amide bonds. The number of rotatable bonds is 6. The van der Waals surface area contributed by atoms with Crippen LogP contribution in [0.15, 0.2) is 42.5 Å². The molecule has 3 aromatic rings. The topological polar surface area (TPSA) is 89.0 Å². The molecule has 28 heavy (non-hydrogen) atoms. The Morgan fingerprint density at radius 2 is 2.04 bits per heavy atom. The average molecular weight is 373 g/mol. The van der Waals surface area contributed by atoms with Gasteiger partial charge in [0.05, 0.1) is 16.8 Å². The second-order valence-corrected chi connectivity index (χ2v) is 7.32. The largest absolute Gasteiger partial charge is 0.484 e. The van der Waals surface area contributed by atoms with Gasteiger partial charge in [-0.2, -0.15) is 5.26 Å². The van der Waals surface area contributed by atoms with E-state index in [1.807, 2.05) is 37.3 Å². The van der Waals surface area contributed by atoms with Crippen LogP contribution >= 0.6 is 0 Å². The standard InChI is InChI=1S/C23H23N3O2/c1-14(2)9-21-19(12-24)23(16-6-4-5-15(3)10-16)18-11-17(28-13-22(25)27)7-8-20(18)26-21/h4-8,10-11,14H,9,13H2,1-3H3,(H2,25,27). The Bertz CT molecular complexity index is 1080. The zero-order chi connectivity index (χ0) is 20.3. The highest BCUT2D eigenvalue weighted by Gasteiger charge is 2.18. The van der Waals surface area contributed by atoms with Crippen LogP contribution in [0.1, 0.15) is 30.7 Å². The molecule has 2 N–H and O–H groups in total. The molecule has 1 heterocycles. The summed E-state index contributed by atoms with van der Waals surface area (Å²) in [5.41, 5.74) is 10.3. The molecule has 0 aliphatic rings. The van der Waals surface area contributed by atoms with Crippen molar-refractivity contribution in [2.75, 3.05) is 6.61 Å². The summed E-state index contributed by atoms with van der Waals surface area (Å²) in [6, 6.07) is 15.9. The summed E-state index contributed by atoms with van der Waals surface area (Å²) in [4.78, 5) is 15.8. The molecule has 0 aliphatic heterocycles. The van der Waals surface area contributed by atoms with Crippen LogP contribution in [0.2, 0.25) is 0 Å². The first-order valence-electron chi connectivity index (χ1n) is 9.24. The molecule has 142 valence electrons. The molecule has 1 aromatic heterocycles. The molecule has 3 rings (SSSR count). The molecule has 0 radical (unpaired) electrons. The molecule has 0 spiro atoms. The van der Waals surface area contributed by atoms with E-state index in [-0.39, 0.29) is 6.61 Å². The Morgan fingerprint density at radius 3 is 2.68 bits per heavy atom. The normalized spacial score (nSPS) is 10.8. The summed E-state index contributed by atoms with van der Waals surface area (Å²) in [7, 11) is 0. The first kappa shape index (κ1) is 19.4. The molecule has 2 aromatic carbocycles. The first-order valence-corrected chi connectivity index (χ1v) is 9.24. The summed E-state index contributed by atoms with van der Waals surface area (Å²) < 4.78 is 5.47. The summed E-state index contributed by atoms with van der Waals surface area (Å²) in [6.07, 6.45) is 0.720. The van der Waals surface area contributed by atoms with Gasteiger partial charge in [-0.3, -0.25) is 9.78 Å². The summed E-state index contributed by atoms with van der Waals surface area (Å²) >= 11 is 0. The predicted octanol–water partition coefficient (Wildman–Crippen LogP) is 4.14. The quantitative estimate of drug-likeness (QED) is 0.703. The van der Waals surface area contributed by atoms with E-state index >= 15 is 0 Å². The van der Waals surface area contributed by atoms with Gasteiger partial charge in [0.15, 0.2) is 6.61 Å². The van der Waals surface area contributed by atoms with Gasteiger partial charge in [-0.05, 0) is 43.0 Å². The zero-order valence-corrected chi connectivity index (χ0v) is 16.3. The van der Waals surface area contributed by atoms with Crippen molar-refractivity contribution >= 4 is 16.8 Å². The molecule has 0 saturated heterocycles. The van der Waals surface area contributed by atoms with Gasteiger partial charge in [-0.1, -0.05) is 43.7 Å². The lowest BCUT2D eigenvalue weighted by Crippen LogP contribution is -2.20. The number of nitrogens with zero attached hydrogens (tertiary/aromatic N) is 2. The molecule has 0 unspecified atom stereocenters. The number of carbonyl (C=O) groups is 1. The summed E-state index contributed by atoms with van der Waals surface area (Å²) in [5, 5.41) is 10.8. The Morgan fingerprint density at radius 1 is 1.25 bits per heavy atom. The van der Waals surface area contributed by atoms with E-state index < -0.39 is 5.91 Å². The molecule has 0 atom stereocenters. The van der Waals surface area contributed by atoms with Crippen molar-refractivity contribution in [3.8, 4) is 22.9 Å². The molecular formula is C23H23N3O2. The molecule has 5 nitrogen and oxygen atoms in total. The number of hydrogen-bond donors (Lipinski definition) is 1. The number of fused-ring (bicyclic) bond motifs is 1. The number of pyridine rings is 1. The van der Waals surface area contributed by atoms with Crippen molar-refractivity contribution in [2.24, 2.45) is 11.7 Å². The average Bonchev–Trinajstić information content (AvgIpc) is 2.64. The number of hydrogen-bond acceptors (Lipinski definition) is 4. The number of aryl methyl sites for hydroxylation is 1. The van der Waals surface area contributed by atoms with Gasteiger partial charge in [-0.15, -0.1) is 0 Å². The minimum absolute atomic E-state index is 0.199. The van der Waals surface area contributed by atoms with E-state index in [0.29, 0.717) is 17.2 Å². The van der Waals surface area contributed by atoms with E-state index in [0.717, 1.165) is 39.7 Å². The molecule has 0 aliphatic carbocycles. The number of carbonyl (C=O) groups excluding carboxylic acids is 1. The Balaban J connectivity index is 2.30. The van der Waals surface area contributed by atoms with Crippen LogP contribution < -0.4 is 10.5 Å². The van der Waals surface area contributed by atoms with Crippen LogP contribution in [0.3, 0.4) is 0 Å². The fourth-order valence-electron chi connectivity index (χ4n) is 3.29. The van der Waals surface area contributed by atoms with E-state index in [1.165, 1.54) is 0 Å². The van der Waals surface area contributed by atoms with Crippen LogP contribution in [0.4, 0.5) is 0 Å². The van der Waals surface area contributed by atoms with E-state index in [1.54, 1.807) is 6.07 Å². The third kappa shape index (κ3) is 4.12. The second kappa shape index (κ2) is 8.10. The van der Waals surface area contributed by atoms with Crippen LogP contribution in [-0.4, -0.2) is 17.5 Å². The highest BCUT2D eigenvalue weighted by molar-refractivity contribution is 5.98. The van der Waals surface area contributed by atoms with Crippen molar-refractivity contribution in [3.05, 3.63) is 59.3 Å². The number of primary amides is 1. The third-order valence-electron chi connectivity index (χ3n) is 4.43.